The molecule has 2 aromatic heterocycles. The highest BCUT2D eigenvalue weighted by molar-refractivity contribution is 6.34. The molecule has 1 saturated heterocycles. The van der Waals surface area contributed by atoms with E-state index in [1.807, 2.05) is 6.92 Å². The molecule has 2 atom stereocenters. The van der Waals surface area contributed by atoms with Crippen LogP contribution in [0.5, 0.6) is 0 Å². The van der Waals surface area contributed by atoms with Gasteiger partial charge in [-0.05, 0) is 30.9 Å². The summed E-state index contributed by atoms with van der Waals surface area (Å²) < 4.78 is 38.3. The number of hydrogen-bond acceptors (Lipinski definition) is 6. The Labute approximate surface area is 199 Å². The van der Waals surface area contributed by atoms with Gasteiger partial charge in [-0.25, -0.2) is 19.9 Å². The summed E-state index contributed by atoms with van der Waals surface area (Å²) in [6.07, 6.45) is 1.88. The summed E-state index contributed by atoms with van der Waals surface area (Å²) in [4.78, 5) is 31.5. The minimum atomic E-state index is -4.51. The van der Waals surface area contributed by atoms with Gasteiger partial charge in [0.25, 0.3) is 5.91 Å². The second-order valence-corrected chi connectivity index (χ2v) is 8.50. The summed E-state index contributed by atoms with van der Waals surface area (Å²) in [7, 11) is 0. The Bertz CT molecular complexity index is 1140. The van der Waals surface area contributed by atoms with E-state index in [-0.39, 0.29) is 30.4 Å². The highest BCUT2D eigenvalue weighted by atomic mass is 35.5. The van der Waals surface area contributed by atoms with Crippen molar-refractivity contribution < 1.29 is 18.0 Å². The molecule has 1 aliphatic rings. The van der Waals surface area contributed by atoms with Crippen molar-refractivity contribution in [3.63, 3.8) is 0 Å². The van der Waals surface area contributed by atoms with Gasteiger partial charge >= 0.3 is 6.18 Å². The molecule has 4 rings (SSSR count). The quantitative estimate of drug-likeness (QED) is 0.544. The maximum Gasteiger partial charge on any atom is 0.419 e. The van der Waals surface area contributed by atoms with E-state index in [9.17, 15) is 18.0 Å². The summed E-state index contributed by atoms with van der Waals surface area (Å²) in [6.45, 7) is 2.83. The number of rotatable bonds is 5. The Balaban J connectivity index is 1.58. The Morgan fingerprint density at radius 1 is 1.15 bits per heavy atom. The van der Waals surface area contributed by atoms with Gasteiger partial charge in [-0.3, -0.25) is 4.79 Å². The molecule has 0 aliphatic carbocycles. The van der Waals surface area contributed by atoms with Crippen LogP contribution in [0, 0.1) is 5.92 Å². The number of hydrogen-bond donors (Lipinski definition) is 1. The monoisotopic (exact) mass is 490 g/mol. The molecule has 1 fully saturated rings. The fourth-order valence-electron chi connectivity index (χ4n) is 4.08. The number of anilines is 1. The third-order valence-electron chi connectivity index (χ3n) is 5.86. The number of alkyl halides is 3. The number of carbonyl (C=O) groups is 1. The average molecular weight is 491 g/mol. The summed E-state index contributed by atoms with van der Waals surface area (Å²) in [6, 6.07) is 6.59. The van der Waals surface area contributed by atoms with Gasteiger partial charge in [0.1, 0.15) is 0 Å². The maximum atomic E-state index is 13.7. The van der Waals surface area contributed by atoms with E-state index in [1.54, 1.807) is 41.6 Å². The predicted octanol–water partition coefficient (Wildman–Crippen LogP) is 4.96. The van der Waals surface area contributed by atoms with Gasteiger partial charge in [0.2, 0.25) is 5.95 Å². The van der Waals surface area contributed by atoms with Crippen LogP contribution in [-0.2, 0) is 6.18 Å². The molecule has 0 bridgehead atoms. The first-order chi connectivity index (χ1) is 16.3. The van der Waals surface area contributed by atoms with Crippen LogP contribution in [0.1, 0.15) is 35.7 Å². The standard InChI is InChI=1S/C23H22ClF3N6O/c1-14-5-3-10-33(18(14)13-32-22-30-11-15(12-31-22)23(25,26)27)21(34)19-16(6-2-7-17(19)24)20-28-8-4-9-29-20/h2,4,6-9,11-12,14,18H,3,5,10,13H2,1H3,(H,30,31,32)/t14-,18?/m1/s1. The first-order valence-corrected chi connectivity index (χ1v) is 11.1. The fraction of sp³-hybridized carbons (Fsp3) is 0.348. The minimum Gasteiger partial charge on any atom is -0.352 e. The predicted molar refractivity (Wildman–Crippen MR) is 121 cm³/mol. The number of piperidine rings is 1. The van der Waals surface area contributed by atoms with E-state index in [4.69, 9.17) is 11.6 Å². The molecule has 178 valence electrons. The highest BCUT2D eigenvalue weighted by Gasteiger charge is 2.35. The van der Waals surface area contributed by atoms with E-state index < -0.39 is 11.7 Å². The van der Waals surface area contributed by atoms with Crippen LogP contribution >= 0.6 is 11.6 Å². The molecule has 7 nitrogen and oxygen atoms in total. The largest absolute Gasteiger partial charge is 0.419 e. The van der Waals surface area contributed by atoms with E-state index in [2.05, 4.69) is 25.3 Å². The lowest BCUT2D eigenvalue weighted by atomic mass is 9.89. The number of nitrogens with one attached hydrogen (secondary N) is 1. The van der Waals surface area contributed by atoms with Crippen LogP contribution in [-0.4, -0.2) is 49.9 Å². The molecule has 1 unspecified atom stereocenters. The van der Waals surface area contributed by atoms with Gasteiger partial charge < -0.3 is 10.2 Å². The topological polar surface area (TPSA) is 83.9 Å². The molecule has 0 radical (unpaired) electrons. The first kappa shape index (κ1) is 23.9. The fourth-order valence-corrected chi connectivity index (χ4v) is 4.34. The van der Waals surface area contributed by atoms with Crippen molar-refractivity contribution in [2.24, 2.45) is 5.92 Å². The summed E-state index contributed by atoms with van der Waals surface area (Å²) in [5.74, 6) is 0.346. The molecule has 11 heteroatoms. The second kappa shape index (κ2) is 9.92. The van der Waals surface area contributed by atoms with Crippen molar-refractivity contribution >= 4 is 23.5 Å². The zero-order valence-corrected chi connectivity index (χ0v) is 19.0. The van der Waals surface area contributed by atoms with Gasteiger partial charge in [0.05, 0.1) is 22.2 Å². The third-order valence-corrected chi connectivity index (χ3v) is 6.17. The molecule has 3 aromatic rings. The molecule has 3 heterocycles. The third kappa shape index (κ3) is 5.11. The molecule has 1 aromatic carbocycles. The Morgan fingerprint density at radius 2 is 1.85 bits per heavy atom. The van der Waals surface area contributed by atoms with Crippen LogP contribution in [0.2, 0.25) is 5.02 Å². The minimum absolute atomic E-state index is 0.0642. The van der Waals surface area contributed by atoms with Crippen molar-refractivity contribution in [3.05, 3.63) is 65.2 Å². The van der Waals surface area contributed by atoms with E-state index in [0.29, 0.717) is 28.5 Å². The van der Waals surface area contributed by atoms with Crippen molar-refractivity contribution in [1.29, 1.82) is 0 Å². The molecule has 34 heavy (non-hydrogen) atoms. The molecular weight excluding hydrogens is 469 g/mol. The molecule has 1 N–H and O–H groups in total. The van der Waals surface area contributed by atoms with E-state index in [0.717, 1.165) is 25.2 Å². The van der Waals surface area contributed by atoms with Gasteiger partial charge in [0, 0.05) is 43.4 Å². The van der Waals surface area contributed by atoms with Crippen LogP contribution < -0.4 is 5.32 Å². The number of carbonyl (C=O) groups excluding carboxylic acids is 1. The van der Waals surface area contributed by atoms with Crippen LogP contribution in [0.4, 0.5) is 19.1 Å². The summed E-state index contributed by atoms with van der Waals surface area (Å²) in [5, 5.41) is 3.28. The van der Waals surface area contributed by atoms with E-state index >= 15 is 0 Å². The second-order valence-electron chi connectivity index (χ2n) is 8.09. The summed E-state index contributed by atoms with van der Waals surface area (Å²) >= 11 is 6.47. The smallest absolute Gasteiger partial charge is 0.352 e. The van der Waals surface area contributed by atoms with Gasteiger partial charge in [-0.2, -0.15) is 13.2 Å². The van der Waals surface area contributed by atoms with E-state index in [1.165, 1.54) is 0 Å². The Morgan fingerprint density at radius 3 is 2.53 bits per heavy atom. The van der Waals surface area contributed by atoms with Crippen LogP contribution in [0.25, 0.3) is 11.4 Å². The van der Waals surface area contributed by atoms with Crippen molar-refractivity contribution in [1.82, 2.24) is 24.8 Å². The SMILES string of the molecule is C[C@@H]1CCCN(C(=O)c2c(Cl)cccc2-c2ncccn2)C1CNc1ncc(C(F)(F)F)cn1. The lowest BCUT2D eigenvalue weighted by Crippen LogP contribution is -2.51. The number of likely N-dealkylation sites (tertiary alicyclic amines) is 1. The zero-order valence-electron chi connectivity index (χ0n) is 18.3. The van der Waals surface area contributed by atoms with Crippen molar-refractivity contribution in [2.75, 3.05) is 18.4 Å². The number of amides is 1. The Hall–Kier alpha value is -3.27. The molecule has 1 aliphatic heterocycles. The lowest BCUT2D eigenvalue weighted by molar-refractivity contribution is -0.138. The van der Waals surface area contributed by atoms with Crippen molar-refractivity contribution in [3.8, 4) is 11.4 Å². The van der Waals surface area contributed by atoms with Crippen LogP contribution in [0.15, 0.2) is 49.1 Å². The number of benzene rings is 1. The van der Waals surface area contributed by atoms with Crippen LogP contribution in [0.3, 0.4) is 0 Å². The Kier molecular flexibility index (Phi) is 6.97. The maximum absolute atomic E-state index is 13.7. The number of nitrogens with zero attached hydrogens (tertiary/aromatic N) is 5. The highest BCUT2D eigenvalue weighted by Crippen LogP contribution is 2.32. The average Bonchev–Trinajstić information content (AvgIpc) is 2.83. The molecular formula is C23H22ClF3N6O. The van der Waals surface area contributed by atoms with Gasteiger partial charge in [0.15, 0.2) is 5.82 Å². The number of aromatic nitrogens is 4. The zero-order chi connectivity index (χ0) is 24.3. The molecule has 0 saturated carbocycles. The molecule has 0 spiro atoms. The van der Waals surface area contributed by atoms with Gasteiger partial charge in [-0.15, -0.1) is 0 Å². The van der Waals surface area contributed by atoms with Crippen molar-refractivity contribution in [2.45, 2.75) is 32.0 Å². The molecule has 1 amide bonds. The van der Waals surface area contributed by atoms with Gasteiger partial charge in [-0.1, -0.05) is 30.7 Å². The lowest BCUT2D eigenvalue weighted by Gasteiger charge is -2.40. The normalized spacial score (nSPS) is 18.6. The number of halogens is 4. The summed E-state index contributed by atoms with van der Waals surface area (Å²) in [5.41, 5.74) is -0.0652. The first-order valence-electron chi connectivity index (χ1n) is 10.8.